The van der Waals surface area contributed by atoms with Gasteiger partial charge in [-0.15, -0.1) is 11.8 Å². The first kappa shape index (κ1) is 18.2. The molecule has 6 nitrogen and oxygen atoms in total. The molecule has 8 heteroatoms. The van der Waals surface area contributed by atoms with Crippen LogP contribution in [0.4, 0.5) is 0 Å². The average molecular weight is 376 g/mol. The summed E-state index contributed by atoms with van der Waals surface area (Å²) in [6.45, 7) is 6.34. The lowest BCUT2D eigenvalue weighted by atomic mass is 9.77. The molecule has 1 saturated heterocycles. The second-order valence-corrected chi connectivity index (χ2v) is 8.79. The topological polar surface area (TPSA) is 73.2 Å². The van der Waals surface area contributed by atoms with Gasteiger partial charge in [-0.3, -0.25) is 4.90 Å². The van der Waals surface area contributed by atoms with E-state index in [1.54, 1.807) is 11.8 Å². The molecule has 2 heterocycles. The number of fused-ring (bicyclic) bond motifs is 3. The van der Waals surface area contributed by atoms with Crippen molar-refractivity contribution in [3.05, 3.63) is 23.3 Å². The maximum Gasteiger partial charge on any atom is 0.526 e. The van der Waals surface area contributed by atoms with Crippen LogP contribution in [-0.4, -0.2) is 78.0 Å². The molecule has 0 radical (unpaired) electrons. The zero-order valence-corrected chi connectivity index (χ0v) is 16.0. The van der Waals surface area contributed by atoms with Gasteiger partial charge >= 0.3 is 13.1 Å². The Morgan fingerprint density at radius 3 is 2.96 bits per heavy atom. The Hall–Kier alpha value is -1.22. The number of carboxylic acid groups (broad SMARTS) is 1. The van der Waals surface area contributed by atoms with E-state index in [4.69, 9.17) is 4.65 Å². The predicted octanol–water partition coefficient (Wildman–Crippen LogP) is 1.84. The van der Waals surface area contributed by atoms with Gasteiger partial charge in [0.2, 0.25) is 0 Å². The molecule has 3 unspecified atom stereocenters. The fourth-order valence-electron chi connectivity index (χ4n) is 4.03. The van der Waals surface area contributed by atoms with Crippen molar-refractivity contribution < 1.29 is 19.6 Å². The van der Waals surface area contributed by atoms with E-state index in [0.717, 1.165) is 48.8 Å². The number of benzene rings is 1. The molecule has 3 aliphatic rings. The molecule has 0 bridgehead atoms. The van der Waals surface area contributed by atoms with Gasteiger partial charge in [0, 0.05) is 48.7 Å². The Labute approximate surface area is 158 Å². The van der Waals surface area contributed by atoms with Crippen LogP contribution in [0, 0.1) is 0 Å². The Kier molecular flexibility index (Phi) is 4.94. The number of likely N-dealkylation sites (N-methyl/N-ethyl adjacent to an activating group) is 1. The summed E-state index contributed by atoms with van der Waals surface area (Å²) in [6.07, 6.45) is 0.876. The van der Waals surface area contributed by atoms with Crippen LogP contribution in [0.5, 0.6) is 5.75 Å². The van der Waals surface area contributed by atoms with Gasteiger partial charge in [-0.25, -0.2) is 4.79 Å². The number of hydrogen-bond donors (Lipinski definition) is 2. The number of thioether (sulfide) groups is 1. The van der Waals surface area contributed by atoms with Gasteiger partial charge in [-0.2, -0.15) is 0 Å². The second kappa shape index (κ2) is 7.07. The molecule has 2 N–H and O–H groups in total. The fraction of sp³-hybridized carbons (Fsp3) is 0.611. The number of nitrogens with zero attached hydrogens (tertiary/aromatic N) is 2. The monoisotopic (exact) mass is 376 g/mol. The first-order valence-electron chi connectivity index (χ1n) is 9.26. The number of aromatic carboxylic acids is 1. The van der Waals surface area contributed by atoms with Crippen LogP contribution in [0.2, 0.25) is 5.82 Å². The lowest BCUT2D eigenvalue weighted by molar-refractivity contribution is 0.0690. The summed E-state index contributed by atoms with van der Waals surface area (Å²) < 4.78 is 5.59. The number of rotatable bonds is 5. The minimum absolute atomic E-state index is 0.127. The van der Waals surface area contributed by atoms with Crippen molar-refractivity contribution in [2.75, 3.05) is 39.0 Å². The van der Waals surface area contributed by atoms with E-state index in [0.29, 0.717) is 11.8 Å². The first-order valence-corrected chi connectivity index (χ1v) is 10.2. The lowest BCUT2D eigenvalue weighted by Crippen LogP contribution is -2.50. The highest BCUT2D eigenvalue weighted by molar-refractivity contribution is 7.99. The summed E-state index contributed by atoms with van der Waals surface area (Å²) >= 11 is 1.56. The van der Waals surface area contributed by atoms with Gasteiger partial charge in [0.1, 0.15) is 11.3 Å². The van der Waals surface area contributed by atoms with E-state index < -0.39 is 13.1 Å². The van der Waals surface area contributed by atoms with E-state index in [-0.39, 0.29) is 17.3 Å². The minimum atomic E-state index is -0.983. The Bertz CT molecular complexity index is 719. The van der Waals surface area contributed by atoms with E-state index in [2.05, 4.69) is 23.8 Å². The summed E-state index contributed by atoms with van der Waals surface area (Å²) in [6, 6.07) is 4.45. The fourth-order valence-corrected chi connectivity index (χ4v) is 5.09. The van der Waals surface area contributed by atoms with Gasteiger partial charge in [-0.05, 0) is 37.9 Å². The molecule has 1 aliphatic carbocycles. The van der Waals surface area contributed by atoms with Crippen LogP contribution in [0.3, 0.4) is 0 Å². The number of piperazine rings is 1. The van der Waals surface area contributed by atoms with Crippen molar-refractivity contribution in [3.8, 4) is 5.75 Å². The van der Waals surface area contributed by atoms with Crippen LogP contribution in [-0.2, 0) is 0 Å². The molecule has 0 amide bonds. The zero-order valence-electron chi connectivity index (χ0n) is 15.2. The van der Waals surface area contributed by atoms with Crippen molar-refractivity contribution in [1.82, 2.24) is 9.80 Å². The van der Waals surface area contributed by atoms with E-state index in [9.17, 15) is 14.9 Å². The first-order chi connectivity index (χ1) is 12.5. The average Bonchev–Trinajstić information content (AvgIpc) is 3.39. The molecule has 140 valence electrons. The quantitative estimate of drug-likeness (QED) is 0.600. The summed E-state index contributed by atoms with van der Waals surface area (Å²) in [5.74, 6) is 0.606. The molecular formula is C18H25BN2O4S. The maximum absolute atomic E-state index is 11.9. The van der Waals surface area contributed by atoms with E-state index in [1.807, 2.05) is 12.1 Å². The van der Waals surface area contributed by atoms with Gasteiger partial charge in [0.25, 0.3) is 0 Å². The van der Waals surface area contributed by atoms with Crippen LogP contribution < -0.4 is 4.65 Å². The third-order valence-electron chi connectivity index (χ3n) is 5.92. The molecule has 26 heavy (non-hydrogen) atoms. The Balaban J connectivity index is 1.45. The molecule has 1 aromatic rings. The van der Waals surface area contributed by atoms with Crippen molar-refractivity contribution >= 4 is 24.8 Å². The van der Waals surface area contributed by atoms with Gasteiger partial charge < -0.3 is 19.7 Å². The third-order valence-corrected chi connectivity index (χ3v) is 6.95. The standard InChI is InChI=1S/C18H25BN2O4S/c1-11-10-21(6-5-20(11)2)7-8-26-15-4-3-12-13-9-14(13)19(24)25-17(12)16(15)18(22)23/h3-4,11,13-14,24H,5-10H2,1-2H3,(H,22,23). The molecule has 0 aromatic heterocycles. The van der Waals surface area contributed by atoms with Gasteiger partial charge in [-0.1, -0.05) is 6.07 Å². The summed E-state index contributed by atoms with van der Waals surface area (Å²) in [5.41, 5.74) is 1.15. The lowest BCUT2D eigenvalue weighted by Gasteiger charge is -2.37. The van der Waals surface area contributed by atoms with Crippen LogP contribution in [0.25, 0.3) is 0 Å². The largest absolute Gasteiger partial charge is 0.535 e. The Morgan fingerprint density at radius 2 is 2.23 bits per heavy atom. The molecule has 0 spiro atoms. The molecule has 1 aromatic carbocycles. The van der Waals surface area contributed by atoms with Crippen LogP contribution in [0.15, 0.2) is 17.0 Å². The van der Waals surface area contributed by atoms with Crippen LogP contribution in [0.1, 0.15) is 35.2 Å². The summed E-state index contributed by atoms with van der Waals surface area (Å²) in [4.78, 5) is 17.4. The molecule has 2 aliphatic heterocycles. The molecule has 1 saturated carbocycles. The highest BCUT2D eigenvalue weighted by atomic mass is 32.2. The summed E-state index contributed by atoms with van der Waals surface area (Å²) in [7, 11) is 1.28. The van der Waals surface area contributed by atoms with Crippen LogP contribution >= 0.6 is 11.8 Å². The smallest absolute Gasteiger partial charge is 0.526 e. The third kappa shape index (κ3) is 3.35. The van der Waals surface area contributed by atoms with Crippen molar-refractivity contribution in [2.45, 2.75) is 36.0 Å². The Morgan fingerprint density at radius 1 is 1.42 bits per heavy atom. The minimum Gasteiger partial charge on any atom is -0.535 e. The van der Waals surface area contributed by atoms with E-state index >= 15 is 0 Å². The molecule has 2 fully saturated rings. The number of hydrogen-bond acceptors (Lipinski definition) is 6. The number of carboxylic acids is 1. The maximum atomic E-state index is 11.9. The zero-order chi connectivity index (χ0) is 18.4. The van der Waals surface area contributed by atoms with Crippen molar-refractivity contribution in [3.63, 3.8) is 0 Å². The SMILES string of the molecule is CC1CN(CCSc2ccc3c(c2C(=O)O)OB(O)C2CC32)CCN1C. The summed E-state index contributed by atoms with van der Waals surface area (Å²) in [5, 5.41) is 19.8. The second-order valence-electron chi connectivity index (χ2n) is 7.66. The predicted molar refractivity (Wildman–Crippen MR) is 102 cm³/mol. The molecule has 3 atom stereocenters. The molecule has 4 rings (SSSR count). The van der Waals surface area contributed by atoms with Crippen molar-refractivity contribution in [1.29, 1.82) is 0 Å². The normalized spacial score (nSPS) is 28.3. The van der Waals surface area contributed by atoms with Gasteiger partial charge in [0.05, 0.1) is 0 Å². The highest BCUT2D eigenvalue weighted by Crippen LogP contribution is 2.60. The van der Waals surface area contributed by atoms with Crippen molar-refractivity contribution in [2.24, 2.45) is 0 Å². The number of carbonyl (C=O) groups is 1. The molecular weight excluding hydrogens is 351 g/mol. The van der Waals surface area contributed by atoms with Gasteiger partial charge in [0.15, 0.2) is 0 Å². The highest BCUT2D eigenvalue weighted by Gasteiger charge is 2.54. The van der Waals surface area contributed by atoms with E-state index in [1.165, 1.54) is 0 Å².